The van der Waals surface area contributed by atoms with E-state index < -0.39 is 5.91 Å². The van der Waals surface area contributed by atoms with E-state index in [-0.39, 0.29) is 0 Å². The number of nitrogens with two attached hydrogens (primary N) is 1. The van der Waals surface area contributed by atoms with Crippen molar-refractivity contribution in [2.45, 2.75) is 6.42 Å². The summed E-state index contributed by atoms with van der Waals surface area (Å²) in [5.41, 5.74) is 13.7. The fourth-order valence-electron chi connectivity index (χ4n) is 4.68. The van der Waals surface area contributed by atoms with Gasteiger partial charge in [-0.05, 0) is 46.8 Å². The Bertz CT molecular complexity index is 1800. The molecule has 0 saturated heterocycles. The quantitative estimate of drug-likeness (QED) is 0.360. The van der Waals surface area contributed by atoms with Gasteiger partial charge in [-0.25, -0.2) is 0 Å². The Morgan fingerprint density at radius 3 is 2.68 bits per heavy atom. The SMILES string of the molecule is Cn1cc(Cc2nccc(C(N)=O)c2Nc2cc(-c3ccc4ccn(C)c4c3)c3nccnc3c2)cn1. The molecule has 6 rings (SSSR count). The summed E-state index contributed by atoms with van der Waals surface area (Å²) < 4.78 is 3.83. The van der Waals surface area contributed by atoms with Crippen LogP contribution in [0.2, 0.25) is 0 Å². The predicted molar refractivity (Wildman–Crippen MR) is 144 cm³/mol. The van der Waals surface area contributed by atoms with Gasteiger partial charge in [-0.15, -0.1) is 0 Å². The number of hydrogen-bond acceptors (Lipinski definition) is 6. The van der Waals surface area contributed by atoms with E-state index in [1.807, 2.05) is 38.6 Å². The molecule has 0 aliphatic carbocycles. The van der Waals surface area contributed by atoms with Crippen molar-refractivity contribution in [3.63, 3.8) is 0 Å². The highest BCUT2D eigenvalue weighted by molar-refractivity contribution is 6.01. The average molecular weight is 489 g/mol. The number of anilines is 2. The number of amides is 1. The number of fused-ring (bicyclic) bond motifs is 2. The Morgan fingerprint density at radius 2 is 1.86 bits per heavy atom. The average Bonchev–Trinajstić information content (AvgIpc) is 3.48. The van der Waals surface area contributed by atoms with Crippen molar-refractivity contribution >= 4 is 39.2 Å². The van der Waals surface area contributed by atoms with Crippen LogP contribution in [0.25, 0.3) is 33.1 Å². The molecule has 4 heterocycles. The standard InChI is InChI=1S/C28H24N8O/c1-35-10-6-18-3-4-19(12-25(18)35)22-13-20(14-24-26(22)32-9-8-31-24)34-27-21(28(29)37)5-7-30-23(27)11-17-15-33-36(2)16-17/h3-10,12-16,34H,11H2,1-2H3,(H2,29,37). The molecule has 2 aromatic carbocycles. The third kappa shape index (κ3) is 4.16. The number of aromatic nitrogens is 6. The summed E-state index contributed by atoms with van der Waals surface area (Å²) in [4.78, 5) is 26.1. The maximum Gasteiger partial charge on any atom is 0.250 e. The molecule has 0 unspecified atom stereocenters. The molecule has 6 aromatic rings. The molecule has 1 amide bonds. The van der Waals surface area contributed by atoms with Crippen molar-refractivity contribution in [2.24, 2.45) is 19.8 Å². The molecular weight excluding hydrogens is 464 g/mol. The van der Waals surface area contributed by atoms with Gasteiger partial charge in [-0.3, -0.25) is 24.4 Å². The fourth-order valence-corrected chi connectivity index (χ4v) is 4.68. The third-order valence-corrected chi connectivity index (χ3v) is 6.47. The van der Waals surface area contributed by atoms with Gasteiger partial charge < -0.3 is 15.6 Å². The van der Waals surface area contributed by atoms with Gasteiger partial charge in [0.2, 0.25) is 0 Å². The zero-order chi connectivity index (χ0) is 25.5. The molecule has 0 saturated carbocycles. The number of nitrogens with zero attached hydrogens (tertiary/aromatic N) is 6. The summed E-state index contributed by atoms with van der Waals surface area (Å²) in [6.07, 6.45) is 11.2. The molecule has 9 nitrogen and oxygen atoms in total. The van der Waals surface area contributed by atoms with Gasteiger partial charge in [-0.1, -0.05) is 12.1 Å². The van der Waals surface area contributed by atoms with Crippen molar-refractivity contribution in [1.29, 1.82) is 0 Å². The molecule has 3 N–H and O–H groups in total. The first-order valence-electron chi connectivity index (χ1n) is 11.8. The number of aryl methyl sites for hydroxylation is 2. The van der Waals surface area contributed by atoms with Crippen LogP contribution in [0.5, 0.6) is 0 Å². The van der Waals surface area contributed by atoms with Gasteiger partial charge in [0.1, 0.15) is 0 Å². The highest BCUT2D eigenvalue weighted by Gasteiger charge is 2.17. The number of pyridine rings is 1. The number of hydrogen-bond donors (Lipinski definition) is 2. The van der Waals surface area contributed by atoms with Crippen LogP contribution in [-0.2, 0) is 20.5 Å². The van der Waals surface area contributed by atoms with Crippen molar-refractivity contribution in [3.05, 3.63) is 96.5 Å². The zero-order valence-corrected chi connectivity index (χ0v) is 20.4. The lowest BCUT2D eigenvalue weighted by atomic mass is 10.0. The lowest BCUT2D eigenvalue weighted by Crippen LogP contribution is -2.15. The van der Waals surface area contributed by atoms with Crippen LogP contribution >= 0.6 is 0 Å². The number of benzene rings is 2. The van der Waals surface area contributed by atoms with Crippen molar-refractivity contribution in [2.75, 3.05) is 5.32 Å². The molecule has 9 heteroatoms. The second kappa shape index (κ2) is 8.87. The van der Waals surface area contributed by atoms with Crippen LogP contribution in [0.4, 0.5) is 11.4 Å². The smallest absolute Gasteiger partial charge is 0.250 e. The molecule has 0 fully saturated rings. The number of rotatable bonds is 6. The highest BCUT2D eigenvalue weighted by Crippen LogP contribution is 2.34. The van der Waals surface area contributed by atoms with E-state index in [0.717, 1.165) is 44.3 Å². The van der Waals surface area contributed by atoms with Gasteiger partial charge in [-0.2, -0.15) is 5.10 Å². The lowest BCUT2D eigenvalue weighted by molar-refractivity contribution is 0.100. The maximum absolute atomic E-state index is 12.4. The van der Waals surface area contributed by atoms with Gasteiger partial charge in [0, 0.05) is 68.3 Å². The molecule has 0 atom stereocenters. The predicted octanol–water partition coefficient (Wildman–Crippen LogP) is 4.35. The highest BCUT2D eigenvalue weighted by atomic mass is 16.1. The summed E-state index contributed by atoms with van der Waals surface area (Å²) in [6, 6.07) is 14.0. The first kappa shape index (κ1) is 22.4. The zero-order valence-electron chi connectivity index (χ0n) is 20.4. The minimum Gasteiger partial charge on any atom is -0.366 e. The minimum atomic E-state index is -0.535. The van der Waals surface area contributed by atoms with Gasteiger partial charge in [0.15, 0.2) is 0 Å². The summed E-state index contributed by atoms with van der Waals surface area (Å²) in [7, 11) is 3.89. The van der Waals surface area contributed by atoms with E-state index in [1.165, 1.54) is 0 Å². The van der Waals surface area contributed by atoms with Crippen LogP contribution < -0.4 is 11.1 Å². The molecule has 0 aliphatic rings. The number of carbonyl (C=O) groups is 1. The molecular formula is C28H24N8O. The molecule has 0 aliphatic heterocycles. The molecule has 0 radical (unpaired) electrons. The van der Waals surface area contributed by atoms with E-state index in [1.54, 1.807) is 35.5 Å². The van der Waals surface area contributed by atoms with Crippen LogP contribution in [0.15, 0.2) is 79.6 Å². The Morgan fingerprint density at radius 1 is 1.00 bits per heavy atom. The van der Waals surface area contributed by atoms with Crippen LogP contribution in [0.3, 0.4) is 0 Å². The van der Waals surface area contributed by atoms with Crippen molar-refractivity contribution in [3.8, 4) is 11.1 Å². The van der Waals surface area contributed by atoms with E-state index in [9.17, 15) is 4.79 Å². The fraction of sp³-hybridized carbons (Fsp3) is 0.107. The first-order chi connectivity index (χ1) is 18.0. The largest absolute Gasteiger partial charge is 0.366 e. The maximum atomic E-state index is 12.4. The number of nitrogens with one attached hydrogen (secondary N) is 1. The summed E-state index contributed by atoms with van der Waals surface area (Å²) in [5.74, 6) is -0.535. The van der Waals surface area contributed by atoms with E-state index in [2.05, 4.69) is 54.2 Å². The molecule has 182 valence electrons. The Labute approximate surface area is 212 Å². The summed E-state index contributed by atoms with van der Waals surface area (Å²) >= 11 is 0. The number of primary amides is 1. The van der Waals surface area contributed by atoms with Crippen LogP contribution in [-0.4, -0.2) is 35.2 Å². The van der Waals surface area contributed by atoms with E-state index in [0.29, 0.717) is 23.4 Å². The second-order valence-corrected chi connectivity index (χ2v) is 9.02. The topological polar surface area (TPSA) is 117 Å². The van der Waals surface area contributed by atoms with Gasteiger partial charge in [0.25, 0.3) is 5.91 Å². The summed E-state index contributed by atoms with van der Waals surface area (Å²) in [6.45, 7) is 0. The van der Waals surface area contributed by atoms with Gasteiger partial charge >= 0.3 is 0 Å². The lowest BCUT2D eigenvalue weighted by Gasteiger charge is -2.16. The molecule has 37 heavy (non-hydrogen) atoms. The monoisotopic (exact) mass is 488 g/mol. The Hall–Kier alpha value is -5.05. The number of carbonyl (C=O) groups excluding carboxylic acids is 1. The van der Waals surface area contributed by atoms with Crippen molar-refractivity contribution in [1.82, 2.24) is 29.3 Å². The van der Waals surface area contributed by atoms with Gasteiger partial charge in [0.05, 0.1) is 34.2 Å². The molecule has 0 spiro atoms. The van der Waals surface area contributed by atoms with Crippen LogP contribution in [0.1, 0.15) is 21.6 Å². The minimum absolute atomic E-state index is 0.361. The van der Waals surface area contributed by atoms with Crippen molar-refractivity contribution < 1.29 is 4.79 Å². The van der Waals surface area contributed by atoms with E-state index in [4.69, 9.17) is 5.73 Å². The normalized spacial score (nSPS) is 11.3. The molecule has 0 bridgehead atoms. The first-order valence-corrected chi connectivity index (χ1v) is 11.8. The Balaban J connectivity index is 1.49. The second-order valence-electron chi connectivity index (χ2n) is 9.02. The van der Waals surface area contributed by atoms with Crippen LogP contribution in [0, 0.1) is 0 Å². The Kier molecular flexibility index (Phi) is 5.37. The molecule has 4 aromatic heterocycles. The summed E-state index contributed by atoms with van der Waals surface area (Å²) in [5, 5.41) is 8.84. The van der Waals surface area contributed by atoms with E-state index >= 15 is 0 Å². The third-order valence-electron chi connectivity index (χ3n) is 6.47.